The fraction of sp³-hybridized carbons (Fsp3) is 0.178. The van der Waals surface area contributed by atoms with Crippen molar-refractivity contribution in [1.82, 2.24) is 15.0 Å². The molecule has 3 heterocycles. The van der Waals surface area contributed by atoms with Crippen LogP contribution in [0.15, 0.2) is 132 Å². The number of rotatable bonds is 5. The highest BCUT2D eigenvalue weighted by molar-refractivity contribution is 6.08. The molecule has 0 bridgehead atoms. The summed E-state index contributed by atoms with van der Waals surface area (Å²) in [7, 11) is 0. The Morgan fingerprint density at radius 3 is 2.10 bits per heavy atom. The number of nitrogens with zero attached hydrogens (tertiary/aromatic N) is 4. The van der Waals surface area contributed by atoms with E-state index < -0.39 is 0 Å². The highest BCUT2D eigenvalue weighted by Crippen LogP contribution is 2.46. The van der Waals surface area contributed by atoms with Crippen molar-refractivity contribution in [3.8, 4) is 28.4 Å². The van der Waals surface area contributed by atoms with Crippen LogP contribution in [0.1, 0.15) is 52.7 Å². The van der Waals surface area contributed by atoms with Crippen LogP contribution in [0.4, 0.5) is 17.2 Å². The van der Waals surface area contributed by atoms with E-state index in [1.807, 2.05) is 72.9 Å². The van der Waals surface area contributed by atoms with Gasteiger partial charge in [-0.3, -0.25) is 4.90 Å². The summed E-state index contributed by atoms with van der Waals surface area (Å²) in [5, 5.41) is 15.1. The zero-order valence-electron chi connectivity index (χ0n) is 29.8. The number of phenols is 1. The fourth-order valence-corrected chi connectivity index (χ4v) is 6.78. The number of pyridine rings is 1. The maximum absolute atomic E-state index is 12.1. The van der Waals surface area contributed by atoms with Crippen LogP contribution < -0.4 is 4.90 Å². The molecule has 0 radical (unpaired) electrons. The van der Waals surface area contributed by atoms with Crippen molar-refractivity contribution in [3.05, 3.63) is 139 Å². The number of hydrogen-bond acceptors (Lipinski definition) is 6. The highest BCUT2D eigenvalue weighted by Gasteiger charge is 2.29. The molecule has 0 spiro atoms. The Balaban J connectivity index is 1.45. The lowest BCUT2D eigenvalue weighted by atomic mass is 9.78. The molecule has 0 fully saturated rings. The van der Waals surface area contributed by atoms with Gasteiger partial charge in [0, 0.05) is 39.3 Å². The number of aromatic hydroxyl groups is 1. The molecule has 0 aliphatic heterocycles. The van der Waals surface area contributed by atoms with Crippen molar-refractivity contribution in [2.75, 3.05) is 4.90 Å². The molecule has 0 saturated carbocycles. The average Bonchev–Trinajstić information content (AvgIpc) is 3.50. The van der Waals surface area contributed by atoms with Gasteiger partial charge in [0.05, 0.1) is 5.69 Å². The quantitative estimate of drug-likeness (QED) is 0.197. The fourth-order valence-electron chi connectivity index (χ4n) is 6.78. The Bertz CT molecular complexity index is 2520. The van der Waals surface area contributed by atoms with E-state index in [-0.39, 0.29) is 16.6 Å². The molecule has 0 aliphatic rings. The van der Waals surface area contributed by atoms with Crippen molar-refractivity contribution in [2.24, 2.45) is 0 Å². The van der Waals surface area contributed by atoms with E-state index in [0.717, 1.165) is 50.0 Å². The zero-order chi connectivity index (χ0) is 35.5. The average molecular weight is 669 g/mol. The summed E-state index contributed by atoms with van der Waals surface area (Å²) in [6.07, 6.45) is 1.81. The minimum atomic E-state index is -0.317. The number of phenolic OH excluding ortho intramolecular Hbond substituents is 1. The number of aromatic nitrogens is 3. The largest absolute Gasteiger partial charge is 0.507 e. The topological polar surface area (TPSA) is 75.3 Å². The van der Waals surface area contributed by atoms with Crippen molar-refractivity contribution < 1.29 is 9.52 Å². The first-order valence-corrected chi connectivity index (χ1v) is 17.3. The first-order valence-electron chi connectivity index (χ1n) is 17.3. The van der Waals surface area contributed by atoms with Gasteiger partial charge in [0.1, 0.15) is 28.4 Å². The van der Waals surface area contributed by atoms with Crippen LogP contribution in [0.5, 0.6) is 5.75 Å². The highest BCUT2D eigenvalue weighted by atomic mass is 16.3. The van der Waals surface area contributed by atoms with Gasteiger partial charge in [-0.25, -0.2) is 15.0 Å². The van der Waals surface area contributed by atoms with Crippen LogP contribution in [0.3, 0.4) is 0 Å². The van der Waals surface area contributed by atoms with Gasteiger partial charge in [0.25, 0.3) is 0 Å². The van der Waals surface area contributed by atoms with Crippen molar-refractivity contribution in [1.29, 1.82) is 0 Å². The summed E-state index contributed by atoms with van der Waals surface area (Å²) < 4.78 is 6.53. The lowest BCUT2D eigenvalue weighted by molar-refractivity contribution is 0.446. The third-order valence-electron chi connectivity index (χ3n) is 9.49. The number of anilines is 3. The Kier molecular flexibility index (Phi) is 7.64. The molecular formula is C45H40N4O2. The first-order chi connectivity index (χ1) is 24.5. The van der Waals surface area contributed by atoms with Crippen LogP contribution >= 0.6 is 0 Å². The minimum Gasteiger partial charge on any atom is -0.507 e. The predicted octanol–water partition coefficient (Wildman–Crippen LogP) is 12.0. The predicted molar refractivity (Wildman–Crippen MR) is 209 cm³/mol. The number of fused-ring (bicyclic) bond motifs is 4. The molecule has 8 rings (SSSR count). The molecular weight excluding hydrogens is 629 g/mol. The van der Waals surface area contributed by atoms with Gasteiger partial charge >= 0.3 is 0 Å². The Labute approximate surface area is 298 Å². The minimum absolute atomic E-state index is 0.176. The normalized spacial score (nSPS) is 12.2. The third kappa shape index (κ3) is 5.77. The van der Waals surface area contributed by atoms with Crippen LogP contribution in [0, 0.1) is 0 Å². The Morgan fingerprint density at radius 1 is 0.667 bits per heavy atom. The number of benzene rings is 5. The summed E-state index contributed by atoms with van der Waals surface area (Å²) >= 11 is 0. The van der Waals surface area contributed by atoms with Crippen molar-refractivity contribution >= 4 is 50.0 Å². The Hall–Kier alpha value is -6.01. The van der Waals surface area contributed by atoms with E-state index in [2.05, 4.69) is 101 Å². The maximum atomic E-state index is 12.1. The maximum Gasteiger partial charge on any atom is 0.180 e. The molecule has 0 unspecified atom stereocenters. The van der Waals surface area contributed by atoms with Gasteiger partial charge in [-0.15, -0.1) is 0 Å². The van der Waals surface area contributed by atoms with Crippen LogP contribution in [-0.2, 0) is 10.8 Å². The van der Waals surface area contributed by atoms with Crippen molar-refractivity contribution in [3.63, 3.8) is 0 Å². The van der Waals surface area contributed by atoms with E-state index >= 15 is 0 Å². The van der Waals surface area contributed by atoms with Crippen LogP contribution in [0.2, 0.25) is 0 Å². The summed E-state index contributed by atoms with van der Waals surface area (Å²) in [5.74, 6) is 1.52. The molecule has 252 valence electrons. The molecule has 8 aromatic rings. The smallest absolute Gasteiger partial charge is 0.180 e. The van der Waals surface area contributed by atoms with Gasteiger partial charge in [0.15, 0.2) is 11.4 Å². The molecule has 0 atom stereocenters. The monoisotopic (exact) mass is 668 g/mol. The van der Waals surface area contributed by atoms with Gasteiger partial charge in [-0.2, -0.15) is 0 Å². The van der Waals surface area contributed by atoms with Gasteiger partial charge in [-0.1, -0.05) is 108 Å². The van der Waals surface area contributed by atoms with E-state index in [4.69, 9.17) is 19.4 Å². The number of hydrogen-bond donors (Lipinski definition) is 1. The Morgan fingerprint density at radius 2 is 1.37 bits per heavy atom. The summed E-state index contributed by atoms with van der Waals surface area (Å²) in [6.45, 7) is 12.9. The van der Waals surface area contributed by atoms with E-state index in [0.29, 0.717) is 33.8 Å². The molecule has 6 nitrogen and oxygen atoms in total. The van der Waals surface area contributed by atoms with E-state index in [1.54, 1.807) is 0 Å². The summed E-state index contributed by atoms with van der Waals surface area (Å²) in [4.78, 5) is 17.5. The molecule has 0 saturated heterocycles. The third-order valence-corrected chi connectivity index (χ3v) is 9.49. The zero-order valence-corrected chi connectivity index (χ0v) is 29.8. The standard InChI is InChI=1S/C45H40N4O2/c1-44(2,3)30-26-34(41(50)35(27-30)45(4,5)6)40-42-39(33-20-12-13-21-37(33)51-42)47-43(48-40)29-24-28-16-10-11-19-32(28)36(25-29)49(31-17-8-7-9-18-31)38-22-14-15-23-46-38/h7-27,50H,1-6H3. The molecule has 0 amide bonds. The van der Waals surface area contributed by atoms with Gasteiger partial charge in [0.2, 0.25) is 0 Å². The molecule has 5 aromatic carbocycles. The summed E-state index contributed by atoms with van der Waals surface area (Å²) in [5.41, 5.74) is 7.36. The number of para-hydroxylation sites is 2. The van der Waals surface area contributed by atoms with Gasteiger partial charge in [-0.05, 0) is 76.4 Å². The lowest BCUT2D eigenvalue weighted by Crippen LogP contribution is -2.17. The second-order valence-electron chi connectivity index (χ2n) is 15.2. The van der Waals surface area contributed by atoms with E-state index in [9.17, 15) is 5.11 Å². The second kappa shape index (κ2) is 12.1. The first kappa shape index (κ1) is 32.2. The van der Waals surface area contributed by atoms with Crippen molar-refractivity contribution in [2.45, 2.75) is 52.4 Å². The molecule has 0 aliphatic carbocycles. The number of furan rings is 1. The second-order valence-corrected chi connectivity index (χ2v) is 15.2. The van der Waals surface area contributed by atoms with Crippen LogP contribution in [0.25, 0.3) is 55.5 Å². The molecule has 3 aromatic heterocycles. The lowest BCUT2D eigenvalue weighted by Gasteiger charge is -2.27. The SMILES string of the molecule is CC(C)(C)c1cc(-c2nc(-c3cc(N(c4ccccc4)c4ccccn4)c4ccccc4c3)nc3c2oc2ccccc23)c(O)c(C(C)(C)C)c1. The van der Waals surface area contributed by atoms with E-state index in [1.165, 1.54) is 0 Å². The van der Waals surface area contributed by atoms with Crippen LogP contribution in [-0.4, -0.2) is 20.1 Å². The van der Waals surface area contributed by atoms with Gasteiger partial charge < -0.3 is 9.52 Å². The summed E-state index contributed by atoms with van der Waals surface area (Å²) in [6, 6.07) is 41.0. The molecule has 6 heteroatoms. The molecule has 51 heavy (non-hydrogen) atoms. The molecule has 1 N–H and O–H groups in total.